The third kappa shape index (κ3) is 7.46. The molecule has 0 radical (unpaired) electrons. The Labute approximate surface area is 287 Å². The third-order valence-electron chi connectivity index (χ3n) is 7.51. The molecule has 0 bridgehead atoms. The first-order valence-electron chi connectivity index (χ1n) is 14.3. The van der Waals surface area contributed by atoms with Gasteiger partial charge in [-0.05, 0) is 71.8 Å². The van der Waals surface area contributed by atoms with Crippen LogP contribution in [0.3, 0.4) is 0 Å². The van der Waals surface area contributed by atoms with Gasteiger partial charge in [0.05, 0.1) is 44.9 Å². The van der Waals surface area contributed by atoms with Crippen molar-refractivity contribution in [3.05, 3.63) is 94.0 Å². The largest absolute Gasteiger partial charge is 0.506 e. The second kappa shape index (κ2) is 13.4. The van der Waals surface area contributed by atoms with Gasteiger partial charge in [-0.3, -0.25) is 9.59 Å². The predicted molar refractivity (Wildman–Crippen MR) is 189 cm³/mol. The molecule has 0 spiro atoms. The zero-order valence-corrected chi connectivity index (χ0v) is 28.2. The van der Waals surface area contributed by atoms with Crippen LogP contribution < -0.4 is 10.6 Å². The first-order valence-corrected chi connectivity index (χ1v) is 17.0. The number of carbonyl (C=O) groups excluding carboxylic acids is 2. The topological polar surface area (TPSA) is 156 Å². The fraction of sp³-hybridized carbons (Fsp3) is 0.152. The molecule has 2 heterocycles. The molecule has 240 valence electrons. The maximum Gasteiger partial charge on any atom is 0.234 e. The molecule has 0 atom stereocenters. The van der Waals surface area contributed by atoms with Crippen LogP contribution in [-0.4, -0.2) is 53.5 Å². The van der Waals surface area contributed by atoms with Crippen LogP contribution in [0, 0.1) is 0 Å². The number of phenolic OH excluding ortho intramolecular Hbond substituents is 2. The molecule has 4 aromatic carbocycles. The number of nitrogens with zero attached hydrogens (tertiary/aromatic N) is 2. The van der Waals surface area contributed by atoms with Crippen LogP contribution in [0.15, 0.2) is 83.1 Å². The van der Waals surface area contributed by atoms with E-state index in [2.05, 4.69) is 30.6 Å². The first-order chi connectivity index (χ1) is 22.4. The molecule has 0 aliphatic heterocycles. The van der Waals surface area contributed by atoms with E-state index in [1.165, 1.54) is 23.5 Å². The highest BCUT2D eigenvalue weighted by atomic mass is 35.5. The smallest absolute Gasteiger partial charge is 0.234 e. The van der Waals surface area contributed by atoms with Crippen LogP contribution in [0.4, 0.5) is 11.4 Å². The highest BCUT2D eigenvalue weighted by Gasteiger charge is 2.26. The Morgan fingerprint density at radius 2 is 1.13 bits per heavy atom. The Morgan fingerprint density at radius 1 is 0.702 bits per heavy atom. The number of carbonyl (C=O) groups is 2. The molecule has 0 saturated carbocycles. The van der Waals surface area contributed by atoms with Crippen molar-refractivity contribution in [2.75, 3.05) is 22.1 Å². The summed E-state index contributed by atoms with van der Waals surface area (Å²) < 4.78 is 0. The number of nitrogens with one attached hydrogen (secondary N) is 4. The molecular formula is C33H28Cl2N6O4S2. The molecule has 0 fully saturated rings. The summed E-state index contributed by atoms with van der Waals surface area (Å²) in [7, 11) is 0. The summed E-state index contributed by atoms with van der Waals surface area (Å²) in [6.07, 6.45) is 0. The van der Waals surface area contributed by atoms with E-state index in [-0.39, 0.29) is 46.2 Å². The lowest BCUT2D eigenvalue weighted by Crippen LogP contribution is -2.20. The van der Waals surface area contributed by atoms with Gasteiger partial charge >= 0.3 is 0 Å². The van der Waals surface area contributed by atoms with Crippen molar-refractivity contribution in [2.24, 2.45) is 0 Å². The zero-order chi connectivity index (χ0) is 33.3. The fourth-order valence-electron chi connectivity index (χ4n) is 4.91. The number of hydrogen-bond acceptors (Lipinski definition) is 8. The molecule has 2 aromatic heterocycles. The maximum absolute atomic E-state index is 12.6. The zero-order valence-electron chi connectivity index (χ0n) is 25.0. The second-order valence-corrected chi connectivity index (χ2v) is 14.0. The molecule has 2 amide bonds. The highest BCUT2D eigenvalue weighted by Crippen LogP contribution is 2.38. The Balaban J connectivity index is 1.05. The number of fused-ring (bicyclic) bond motifs is 2. The number of halogens is 2. The highest BCUT2D eigenvalue weighted by molar-refractivity contribution is 8.00. The molecule has 14 heteroatoms. The summed E-state index contributed by atoms with van der Waals surface area (Å²) in [6.45, 7) is 3.89. The van der Waals surface area contributed by atoms with Crippen molar-refractivity contribution < 1.29 is 19.8 Å². The van der Waals surface area contributed by atoms with E-state index in [9.17, 15) is 19.8 Å². The van der Waals surface area contributed by atoms with Crippen LogP contribution in [0.1, 0.15) is 25.0 Å². The number of rotatable bonds is 10. The lowest BCUT2D eigenvalue weighted by atomic mass is 9.78. The van der Waals surface area contributed by atoms with Gasteiger partial charge in [0.1, 0.15) is 11.5 Å². The Hall–Kier alpha value is -4.36. The number of thioether (sulfide) groups is 2. The second-order valence-electron chi connectivity index (χ2n) is 11.2. The molecule has 0 saturated heterocycles. The number of anilines is 2. The van der Waals surface area contributed by atoms with Crippen molar-refractivity contribution in [1.29, 1.82) is 0 Å². The van der Waals surface area contributed by atoms with Crippen LogP contribution in [-0.2, 0) is 15.0 Å². The SMILES string of the molecule is CC(C)(c1ccc(NC(=O)CSc2nc3ccc(Cl)cc3[nH]2)c(O)c1)c1ccc(NC(=O)CSc2nc3ccc(Cl)cc3[nH]2)c(O)c1. The van der Waals surface area contributed by atoms with Crippen molar-refractivity contribution in [2.45, 2.75) is 29.6 Å². The minimum Gasteiger partial charge on any atom is -0.506 e. The van der Waals surface area contributed by atoms with Crippen LogP contribution >= 0.6 is 46.7 Å². The van der Waals surface area contributed by atoms with E-state index in [0.29, 0.717) is 20.4 Å². The summed E-state index contributed by atoms with van der Waals surface area (Å²) in [4.78, 5) is 40.4. The minimum atomic E-state index is -0.639. The number of aromatic amines is 2. The summed E-state index contributed by atoms with van der Waals surface area (Å²) in [5, 5.41) is 29.4. The van der Waals surface area contributed by atoms with Crippen molar-refractivity contribution >= 4 is 92.0 Å². The average molecular weight is 708 g/mol. The summed E-state index contributed by atoms with van der Waals surface area (Å²) in [5.41, 5.74) is 4.48. The van der Waals surface area contributed by atoms with Gasteiger partial charge in [-0.1, -0.05) is 72.7 Å². The quantitative estimate of drug-likeness (QED) is 0.0619. The van der Waals surface area contributed by atoms with Crippen molar-refractivity contribution in [1.82, 2.24) is 19.9 Å². The molecule has 47 heavy (non-hydrogen) atoms. The van der Waals surface area contributed by atoms with E-state index < -0.39 is 5.41 Å². The van der Waals surface area contributed by atoms with Crippen LogP contribution in [0.2, 0.25) is 10.0 Å². The number of H-pyrrole nitrogens is 2. The number of amides is 2. The van der Waals surface area contributed by atoms with Crippen LogP contribution in [0.25, 0.3) is 22.1 Å². The van der Waals surface area contributed by atoms with Gasteiger partial charge in [0, 0.05) is 15.5 Å². The molecule has 6 N–H and O–H groups in total. The van der Waals surface area contributed by atoms with Crippen molar-refractivity contribution in [3.8, 4) is 11.5 Å². The molecule has 0 unspecified atom stereocenters. The number of phenols is 2. The van der Waals surface area contributed by atoms with Crippen LogP contribution in [0.5, 0.6) is 11.5 Å². The van der Waals surface area contributed by atoms with E-state index in [1.54, 1.807) is 72.8 Å². The average Bonchev–Trinajstić information content (AvgIpc) is 3.63. The summed E-state index contributed by atoms with van der Waals surface area (Å²) in [6, 6.07) is 20.7. The minimum absolute atomic E-state index is 0.0797. The normalized spacial score (nSPS) is 11.7. The first kappa shape index (κ1) is 32.6. The molecule has 0 aliphatic rings. The molecule has 6 aromatic rings. The van der Waals surface area contributed by atoms with Gasteiger partial charge in [0.15, 0.2) is 10.3 Å². The van der Waals surface area contributed by atoms with E-state index >= 15 is 0 Å². The van der Waals surface area contributed by atoms with E-state index in [0.717, 1.165) is 33.2 Å². The number of aromatic nitrogens is 4. The lowest BCUT2D eigenvalue weighted by molar-refractivity contribution is -0.114. The van der Waals surface area contributed by atoms with Crippen molar-refractivity contribution in [3.63, 3.8) is 0 Å². The molecule has 0 aliphatic carbocycles. The van der Waals surface area contributed by atoms with Gasteiger partial charge in [0.25, 0.3) is 0 Å². The number of imidazole rings is 2. The molecule has 6 rings (SSSR count). The van der Waals surface area contributed by atoms with E-state index in [1.807, 2.05) is 13.8 Å². The Bertz CT molecular complexity index is 2000. The Morgan fingerprint density at radius 3 is 1.53 bits per heavy atom. The third-order valence-corrected chi connectivity index (χ3v) is 9.73. The number of aromatic hydroxyl groups is 2. The van der Waals surface area contributed by atoms with Gasteiger partial charge in [-0.15, -0.1) is 0 Å². The standard InChI is InChI=1S/C33H28Cl2N6O4S2/c1-33(2,17-3-7-23(27(42)11-17)36-29(44)15-46-31-38-21-9-5-19(34)13-25(21)40-31)18-4-8-24(28(43)12-18)37-30(45)16-47-32-39-22-10-6-20(35)14-26(22)41-32/h3-14,42-43H,15-16H2,1-2H3,(H,36,44)(H,37,45)(H,38,40)(H,39,41). The summed E-state index contributed by atoms with van der Waals surface area (Å²) >= 11 is 14.5. The molecular weight excluding hydrogens is 679 g/mol. The van der Waals surface area contributed by atoms with Gasteiger partial charge in [0.2, 0.25) is 11.8 Å². The lowest BCUT2D eigenvalue weighted by Gasteiger charge is -2.27. The maximum atomic E-state index is 12.6. The van der Waals surface area contributed by atoms with Gasteiger partial charge in [-0.25, -0.2) is 9.97 Å². The monoisotopic (exact) mass is 706 g/mol. The Kier molecular flexibility index (Phi) is 9.29. The predicted octanol–water partition coefficient (Wildman–Crippen LogP) is 7.94. The number of benzene rings is 4. The molecule has 10 nitrogen and oxygen atoms in total. The fourth-order valence-corrected chi connectivity index (χ4v) is 6.63. The summed E-state index contributed by atoms with van der Waals surface area (Å²) in [5.74, 6) is -0.637. The van der Waals surface area contributed by atoms with Gasteiger partial charge in [-0.2, -0.15) is 0 Å². The number of hydrogen-bond donors (Lipinski definition) is 6. The van der Waals surface area contributed by atoms with E-state index in [4.69, 9.17) is 23.2 Å². The van der Waals surface area contributed by atoms with Gasteiger partial charge < -0.3 is 30.8 Å².